The second-order valence-electron chi connectivity index (χ2n) is 8.90. The van der Waals surface area contributed by atoms with Gasteiger partial charge in [0.25, 0.3) is 5.91 Å². The van der Waals surface area contributed by atoms with Gasteiger partial charge in [-0.05, 0) is 48.6 Å². The molecule has 2 aromatic rings. The Hall–Kier alpha value is -3.25. The number of nitrogens with two attached hydrogens (primary N) is 1. The first kappa shape index (κ1) is 20.6. The largest absolute Gasteiger partial charge is 0.366 e. The molecule has 3 aliphatic heterocycles. The molecule has 6 heteroatoms. The normalized spacial score (nSPS) is 21.5. The van der Waals surface area contributed by atoms with E-state index in [1.807, 2.05) is 42.2 Å². The summed E-state index contributed by atoms with van der Waals surface area (Å²) in [6, 6.07) is 15.8. The number of allylic oxidation sites excluding steroid dienone is 1. The molecule has 0 bridgehead atoms. The molecule has 0 aliphatic carbocycles. The summed E-state index contributed by atoms with van der Waals surface area (Å²) in [5, 5.41) is 0. The fraction of sp³-hybridized carbons (Fsp3) is 0.346. The summed E-state index contributed by atoms with van der Waals surface area (Å²) in [5.74, 6) is -0.597. The molecule has 5 rings (SSSR count). The molecule has 2 N–H and O–H groups in total. The maximum Gasteiger partial charge on any atom is 0.255 e. The third-order valence-corrected chi connectivity index (χ3v) is 6.92. The zero-order valence-corrected chi connectivity index (χ0v) is 18.3. The van der Waals surface area contributed by atoms with Crippen LogP contribution in [-0.2, 0) is 0 Å². The van der Waals surface area contributed by atoms with E-state index >= 15 is 0 Å². The number of hydrogen-bond donors (Lipinski definition) is 1. The first-order valence-electron chi connectivity index (χ1n) is 11.3. The van der Waals surface area contributed by atoms with Crippen LogP contribution in [0.4, 0.5) is 0 Å². The molecule has 1 fully saturated rings. The summed E-state index contributed by atoms with van der Waals surface area (Å²) in [6.45, 7) is 5.61. The van der Waals surface area contributed by atoms with Crippen molar-refractivity contribution in [2.24, 2.45) is 10.7 Å². The minimum Gasteiger partial charge on any atom is -0.366 e. The Bertz CT molecular complexity index is 1110. The SMILES string of the molecule is CC1c2cccc(C(N)=O)c2C(=O)N1C1CCN(CC2=CC(c3ccccc3)=NC2)CC1. The lowest BCUT2D eigenvalue weighted by Gasteiger charge is -2.39. The monoisotopic (exact) mass is 428 g/mol. The number of amides is 2. The van der Waals surface area contributed by atoms with Crippen molar-refractivity contribution in [2.45, 2.75) is 31.8 Å². The van der Waals surface area contributed by atoms with Crippen molar-refractivity contribution in [2.75, 3.05) is 26.2 Å². The predicted octanol–water partition coefficient (Wildman–Crippen LogP) is 3.20. The van der Waals surface area contributed by atoms with E-state index in [2.05, 4.69) is 23.1 Å². The van der Waals surface area contributed by atoms with E-state index in [0.717, 1.165) is 55.9 Å². The van der Waals surface area contributed by atoms with Crippen LogP contribution in [0, 0.1) is 0 Å². The zero-order valence-electron chi connectivity index (χ0n) is 18.3. The van der Waals surface area contributed by atoms with Gasteiger partial charge in [0, 0.05) is 25.7 Å². The Morgan fingerprint density at radius 1 is 1.09 bits per heavy atom. The molecule has 32 heavy (non-hydrogen) atoms. The summed E-state index contributed by atoms with van der Waals surface area (Å²) < 4.78 is 0. The molecule has 0 saturated carbocycles. The molecule has 1 atom stereocenters. The van der Waals surface area contributed by atoms with Crippen LogP contribution in [0.1, 0.15) is 57.7 Å². The molecule has 1 saturated heterocycles. The number of benzene rings is 2. The smallest absolute Gasteiger partial charge is 0.255 e. The summed E-state index contributed by atoms with van der Waals surface area (Å²) in [5.41, 5.74) is 10.8. The second kappa shape index (κ2) is 8.36. The Labute approximate surface area is 188 Å². The van der Waals surface area contributed by atoms with Gasteiger partial charge in [-0.15, -0.1) is 0 Å². The van der Waals surface area contributed by atoms with E-state index in [0.29, 0.717) is 11.1 Å². The molecule has 6 nitrogen and oxygen atoms in total. The van der Waals surface area contributed by atoms with Crippen molar-refractivity contribution >= 4 is 17.5 Å². The van der Waals surface area contributed by atoms with Crippen LogP contribution < -0.4 is 5.73 Å². The summed E-state index contributed by atoms with van der Waals surface area (Å²) in [6.07, 6.45) is 4.07. The van der Waals surface area contributed by atoms with Gasteiger partial charge < -0.3 is 10.6 Å². The van der Waals surface area contributed by atoms with E-state index in [1.54, 1.807) is 6.07 Å². The van der Waals surface area contributed by atoms with Crippen molar-refractivity contribution in [3.05, 3.63) is 82.4 Å². The summed E-state index contributed by atoms with van der Waals surface area (Å²) in [7, 11) is 0. The third kappa shape index (κ3) is 3.65. The van der Waals surface area contributed by atoms with Crippen LogP contribution in [0.25, 0.3) is 0 Å². The lowest BCUT2D eigenvalue weighted by Crippen LogP contribution is -2.46. The number of aliphatic imine (C=N–C) groups is 1. The van der Waals surface area contributed by atoms with Gasteiger partial charge in [-0.25, -0.2) is 0 Å². The number of primary amides is 1. The Morgan fingerprint density at radius 2 is 1.84 bits per heavy atom. The van der Waals surface area contributed by atoms with Crippen molar-refractivity contribution in [1.82, 2.24) is 9.80 Å². The van der Waals surface area contributed by atoms with Crippen LogP contribution in [0.15, 0.2) is 65.2 Å². The number of rotatable bonds is 5. The van der Waals surface area contributed by atoms with Gasteiger partial charge in [0.15, 0.2) is 0 Å². The minimum absolute atomic E-state index is 0.0345. The van der Waals surface area contributed by atoms with Gasteiger partial charge in [-0.1, -0.05) is 42.5 Å². The molecule has 3 aliphatic rings. The molecule has 1 unspecified atom stereocenters. The lowest BCUT2D eigenvalue weighted by atomic mass is 9.99. The average molecular weight is 429 g/mol. The lowest BCUT2D eigenvalue weighted by molar-refractivity contribution is 0.0526. The van der Waals surface area contributed by atoms with Gasteiger partial charge in [0.05, 0.1) is 29.4 Å². The Kier molecular flexibility index (Phi) is 5.39. The third-order valence-electron chi connectivity index (χ3n) is 6.92. The van der Waals surface area contributed by atoms with Gasteiger partial charge in [0.2, 0.25) is 5.91 Å². The maximum atomic E-state index is 13.2. The summed E-state index contributed by atoms with van der Waals surface area (Å²) in [4.78, 5) is 34.2. The second-order valence-corrected chi connectivity index (χ2v) is 8.90. The number of fused-ring (bicyclic) bond motifs is 1. The quantitative estimate of drug-likeness (QED) is 0.794. The highest BCUT2D eigenvalue weighted by Gasteiger charge is 2.41. The first-order valence-corrected chi connectivity index (χ1v) is 11.3. The van der Waals surface area contributed by atoms with Crippen LogP contribution in [0.2, 0.25) is 0 Å². The number of nitrogens with zero attached hydrogens (tertiary/aromatic N) is 3. The van der Waals surface area contributed by atoms with Crippen LogP contribution >= 0.6 is 0 Å². The predicted molar refractivity (Wildman–Crippen MR) is 125 cm³/mol. The van der Waals surface area contributed by atoms with Crippen LogP contribution in [0.5, 0.6) is 0 Å². The number of carbonyl (C=O) groups excluding carboxylic acids is 2. The van der Waals surface area contributed by atoms with Crippen LogP contribution in [-0.4, -0.2) is 59.5 Å². The zero-order chi connectivity index (χ0) is 22.2. The summed E-state index contributed by atoms with van der Waals surface area (Å²) >= 11 is 0. The van der Waals surface area contributed by atoms with Crippen molar-refractivity contribution in [3.8, 4) is 0 Å². The van der Waals surface area contributed by atoms with E-state index in [4.69, 9.17) is 10.7 Å². The fourth-order valence-corrected chi connectivity index (χ4v) is 5.29. The molecule has 164 valence electrons. The van der Waals surface area contributed by atoms with Gasteiger partial charge in [-0.2, -0.15) is 0 Å². The average Bonchev–Trinajstić information content (AvgIpc) is 3.38. The molecule has 0 spiro atoms. The number of likely N-dealkylation sites (tertiary alicyclic amines) is 1. The van der Waals surface area contributed by atoms with Crippen molar-refractivity contribution < 1.29 is 9.59 Å². The van der Waals surface area contributed by atoms with Gasteiger partial charge >= 0.3 is 0 Å². The maximum absolute atomic E-state index is 13.2. The highest BCUT2D eigenvalue weighted by Crippen LogP contribution is 2.38. The minimum atomic E-state index is -0.541. The van der Waals surface area contributed by atoms with Gasteiger partial charge in [-0.3, -0.25) is 19.5 Å². The Morgan fingerprint density at radius 3 is 2.56 bits per heavy atom. The van der Waals surface area contributed by atoms with E-state index in [9.17, 15) is 9.59 Å². The highest BCUT2D eigenvalue weighted by molar-refractivity contribution is 6.10. The molecule has 0 aromatic heterocycles. The molecule has 2 amide bonds. The van der Waals surface area contributed by atoms with E-state index in [-0.39, 0.29) is 18.0 Å². The van der Waals surface area contributed by atoms with Gasteiger partial charge in [0.1, 0.15) is 0 Å². The molecule has 0 radical (unpaired) electrons. The standard InChI is InChI=1S/C26H28N4O2/c1-17-21-8-5-9-22(25(27)31)24(21)26(32)30(17)20-10-12-29(13-11-20)16-18-14-23(28-15-18)19-6-3-2-4-7-19/h2-9,14,17,20H,10-13,15-16H2,1H3,(H2,27,31). The van der Waals surface area contributed by atoms with Crippen LogP contribution in [0.3, 0.4) is 0 Å². The Balaban J connectivity index is 1.22. The van der Waals surface area contributed by atoms with Crippen molar-refractivity contribution in [3.63, 3.8) is 0 Å². The molecular formula is C26H28N4O2. The fourth-order valence-electron chi connectivity index (χ4n) is 5.29. The number of hydrogen-bond acceptors (Lipinski definition) is 4. The molecule has 3 heterocycles. The molecule has 2 aromatic carbocycles. The molecular weight excluding hydrogens is 400 g/mol. The first-order chi connectivity index (χ1) is 15.5. The van der Waals surface area contributed by atoms with Crippen molar-refractivity contribution in [1.29, 1.82) is 0 Å². The highest BCUT2D eigenvalue weighted by atomic mass is 16.2. The van der Waals surface area contributed by atoms with E-state index in [1.165, 1.54) is 5.57 Å². The number of piperidine rings is 1. The topological polar surface area (TPSA) is 79.0 Å². The van der Waals surface area contributed by atoms with E-state index < -0.39 is 5.91 Å². The number of carbonyl (C=O) groups is 2.